The molecule has 0 aromatic heterocycles. The van der Waals surface area contributed by atoms with Crippen LogP contribution in [0.1, 0.15) is 136 Å². The third-order valence-corrected chi connectivity index (χ3v) is 18.0. The van der Waals surface area contributed by atoms with Gasteiger partial charge >= 0.3 is 0 Å². The number of nitrogens with zero attached hydrogens (tertiary/aromatic N) is 3. The fourth-order valence-corrected chi connectivity index (χ4v) is 13.5. The molecule has 12 rings (SSSR count). The summed E-state index contributed by atoms with van der Waals surface area (Å²) in [5.41, 5.74) is 25.7. The highest BCUT2D eigenvalue weighted by Crippen LogP contribution is 2.61. The van der Waals surface area contributed by atoms with E-state index in [9.17, 15) is 0 Å². The molecule has 8 aromatic carbocycles. The lowest BCUT2D eigenvalue weighted by Gasteiger charge is -2.48. The van der Waals surface area contributed by atoms with Crippen LogP contribution >= 0.6 is 0 Å². The van der Waals surface area contributed by atoms with Gasteiger partial charge in [-0.15, -0.1) is 0 Å². The fourth-order valence-electron chi connectivity index (χ4n) is 13.5. The molecule has 0 radical (unpaired) electrons. The highest BCUT2D eigenvalue weighted by Gasteiger charge is 2.57. The van der Waals surface area contributed by atoms with Gasteiger partial charge in [-0.25, -0.2) is 0 Å². The van der Waals surface area contributed by atoms with Gasteiger partial charge in [-0.3, -0.25) is 0 Å². The molecule has 1 aliphatic carbocycles. The summed E-state index contributed by atoms with van der Waals surface area (Å²) < 4.78 is 0. The van der Waals surface area contributed by atoms with Crippen molar-refractivity contribution in [3.63, 3.8) is 0 Å². The number of hydrogen-bond acceptors (Lipinski definition) is 3. The predicted molar refractivity (Wildman–Crippen MR) is 320 cm³/mol. The molecule has 3 heterocycles. The number of anilines is 8. The van der Waals surface area contributed by atoms with E-state index >= 15 is 0 Å². The van der Waals surface area contributed by atoms with E-state index in [-0.39, 0.29) is 33.9 Å². The molecule has 2 unspecified atom stereocenters. The Morgan fingerprint density at radius 2 is 0.959 bits per heavy atom. The lowest BCUT2D eigenvalue weighted by molar-refractivity contribution is 0.261. The van der Waals surface area contributed by atoms with Crippen molar-refractivity contribution in [2.24, 2.45) is 0 Å². The maximum absolute atomic E-state index is 2.80. The standard InChI is InChI=1S/C70H74BN3/c1-46-40-63-65-64(41-46)73(59-36-29-51(67(5,6)7)43-55(59)48-24-18-14-19-25-48)61-42-49(47-22-16-13-17-23-47)26-34-57(61)71(65)58-35-33-54(45-62(58)72(63)53-31-27-50(28-32-53)66(2,3)4)74-60-37-30-52(68(8,9)10)44-56(60)69(11)38-20-15-21-39-70(69,74)12/h13-14,16-19,22-37,40-45H,15,20-21,38-39H2,1-12H3. The van der Waals surface area contributed by atoms with Crippen molar-refractivity contribution >= 4 is 68.6 Å². The SMILES string of the molecule is Cc1cc2c3c(c1)N(c1ccc(C(C)(C)C)cc1-c1ccccc1)c1cc(-c4ccccc4)ccc1B3c1ccc(N3c4ccc(C(C)(C)C)cc4C4(C)CCCCCC34C)cc1N2c1ccc(C(C)(C)C)cc1. The second kappa shape index (κ2) is 17.1. The van der Waals surface area contributed by atoms with Crippen molar-refractivity contribution in [1.29, 1.82) is 0 Å². The molecule has 0 amide bonds. The van der Waals surface area contributed by atoms with Crippen LogP contribution in [0.3, 0.4) is 0 Å². The Kier molecular flexibility index (Phi) is 11.2. The van der Waals surface area contributed by atoms with Crippen molar-refractivity contribution in [3.05, 3.63) is 198 Å². The molecule has 3 aliphatic heterocycles. The number of fused-ring (bicyclic) bond motifs is 7. The zero-order valence-electron chi connectivity index (χ0n) is 46.1. The van der Waals surface area contributed by atoms with Gasteiger partial charge in [-0.1, -0.05) is 198 Å². The number of hydrogen-bond donors (Lipinski definition) is 0. The largest absolute Gasteiger partial charge is 0.334 e. The van der Waals surface area contributed by atoms with Crippen LogP contribution in [0.2, 0.25) is 0 Å². The quantitative estimate of drug-likeness (QED) is 0.159. The summed E-state index contributed by atoms with van der Waals surface area (Å²) in [4.78, 5) is 8.05. The number of benzene rings is 8. The van der Waals surface area contributed by atoms with Crippen molar-refractivity contribution < 1.29 is 0 Å². The van der Waals surface area contributed by atoms with Crippen molar-refractivity contribution in [2.45, 2.75) is 142 Å². The lowest BCUT2D eigenvalue weighted by atomic mass is 9.33. The van der Waals surface area contributed by atoms with E-state index in [1.54, 1.807) is 0 Å². The van der Waals surface area contributed by atoms with Gasteiger partial charge in [0.15, 0.2) is 0 Å². The summed E-state index contributed by atoms with van der Waals surface area (Å²) in [6.45, 7) is 28.5. The van der Waals surface area contributed by atoms with Gasteiger partial charge in [0.1, 0.15) is 0 Å². The normalized spacial score (nSPS) is 19.1. The maximum atomic E-state index is 2.80. The van der Waals surface area contributed by atoms with E-state index in [2.05, 4.69) is 268 Å². The summed E-state index contributed by atoms with van der Waals surface area (Å²) in [5, 5.41) is 0. The summed E-state index contributed by atoms with van der Waals surface area (Å²) in [7, 11) is 0. The predicted octanol–water partition coefficient (Wildman–Crippen LogP) is 17.4. The van der Waals surface area contributed by atoms with Crippen molar-refractivity contribution in [3.8, 4) is 22.3 Å². The first-order valence-electron chi connectivity index (χ1n) is 27.6. The van der Waals surface area contributed by atoms with Crippen LogP contribution in [-0.2, 0) is 21.7 Å². The van der Waals surface area contributed by atoms with E-state index in [1.165, 1.54) is 138 Å². The minimum Gasteiger partial charge on any atom is -0.334 e. The molecule has 1 fully saturated rings. The van der Waals surface area contributed by atoms with Crippen molar-refractivity contribution in [1.82, 2.24) is 0 Å². The van der Waals surface area contributed by atoms with Crippen molar-refractivity contribution in [2.75, 3.05) is 14.7 Å². The Hall–Kier alpha value is -6.78. The molecular weight excluding hydrogens is 894 g/mol. The average molecular weight is 968 g/mol. The first kappa shape index (κ1) is 48.2. The Labute approximate surface area is 443 Å². The lowest BCUT2D eigenvalue weighted by Crippen LogP contribution is -2.61. The smallest absolute Gasteiger partial charge is 0.252 e. The van der Waals surface area contributed by atoms with Crippen LogP contribution in [0, 0.1) is 6.92 Å². The van der Waals surface area contributed by atoms with Gasteiger partial charge in [-0.05, 0) is 164 Å². The van der Waals surface area contributed by atoms with E-state index in [1.807, 2.05) is 0 Å². The second-order valence-corrected chi connectivity index (χ2v) is 25.8. The number of aryl methyl sites for hydroxylation is 1. The fraction of sp³-hybridized carbons (Fsp3) is 0.314. The van der Waals surface area contributed by atoms with Crippen LogP contribution < -0.4 is 31.1 Å². The van der Waals surface area contributed by atoms with Gasteiger partial charge in [0.2, 0.25) is 0 Å². The van der Waals surface area contributed by atoms with E-state index in [0.717, 1.165) is 6.42 Å². The van der Waals surface area contributed by atoms with E-state index in [4.69, 9.17) is 0 Å². The van der Waals surface area contributed by atoms with Gasteiger partial charge in [0.25, 0.3) is 6.71 Å². The molecule has 4 aliphatic rings. The topological polar surface area (TPSA) is 9.72 Å². The molecule has 4 heteroatoms. The zero-order valence-corrected chi connectivity index (χ0v) is 46.1. The van der Waals surface area contributed by atoms with Crippen LogP contribution in [0.15, 0.2) is 170 Å². The molecule has 0 saturated heterocycles. The minimum atomic E-state index is -0.100. The van der Waals surface area contributed by atoms with E-state index in [0.29, 0.717) is 0 Å². The van der Waals surface area contributed by atoms with Gasteiger partial charge in [0.05, 0.1) is 11.2 Å². The van der Waals surface area contributed by atoms with Gasteiger partial charge in [-0.2, -0.15) is 0 Å². The molecule has 1 saturated carbocycles. The molecule has 0 spiro atoms. The Morgan fingerprint density at radius 1 is 0.419 bits per heavy atom. The molecule has 2 atom stereocenters. The molecule has 74 heavy (non-hydrogen) atoms. The highest BCUT2D eigenvalue weighted by atomic mass is 15.3. The average Bonchev–Trinajstić information content (AvgIpc) is 3.44. The minimum absolute atomic E-state index is 0.00298. The summed E-state index contributed by atoms with van der Waals surface area (Å²) >= 11 is 0. The van der Waals surface area contributed by atoms with Gasteiger partial charge < -0.3 is 14.7 Å². The monoisotopic (exact) mass is 968 g/mol. The summed E-state index contributed by atoms with van der Waals surface area (Å²) in [5.74, 6) is 0. The third-order valence-electron chi connectivity index (χ3n) is 18.0. The maximum Gasteiger partial charge on any atom is 0.252 e. The van der Waals surface area contributed by atoms with Gasteiger partial charge in [0, 0.05) is 50.8 Å². The molecule has 0 N–H and O–H groups in total. The molecule has 8 aromatic rings. The third kappa shape index (κ3) is 7.59. The van der Waals surface area contributed by atoms with Crippen LogP contribution in [-0.4, -0.2) is 12.3 Å². The highest BCUT2D eigenvalue weighted by molar-refractivity contribution is 7.00. The second-order valence-electron chi connectivity index (χ2n) is 25.8. The molecule has 372 valence electrons. The zero-order chi connectivity index (χ0) is 51.7. The van der Waals surface area contributed by atoms with Crippen LogP contribution in [0.5, 0.6) is 0 Å². The molecule has 3 nitrogen and oxygen atoms in total. The Morgan fingerprint density at radius 3 is 1.61 bits per heavy atom. The summed E-state index contributed by atoms with van der Waals surface area (Å²) in [6, 6.07) is 66.1. The van der Waals surface area contributed by atoms with Crippen LogP contribution in [0.25, 0.3) is 22.3 Å². The van der Waals surface area contributed by atoms with E-state index < -0.39 is 0 Å². The first-order valence-corrected chi connectivity index (χ1v) is 27.6. The number of rotatable bonds is 5. The molecule has 0 bridgehead atoms. The summed E-state index contributed by atoms with van der Waals surface area (Å²) in [6.07, 6.45) is 6.13. The Bertz CT molecular complexity index is 3480. The first-order chi connectivity index (χ1) is 35.2. The molecular formula is C70H74BN3. The van der Waals surface area contributed by atoms with Crippen LogP contribution in [0.4, 0.5) is 45.5 Å². The Balaban J connectivity index is 1.14.